The van der Waals surface area contributed by atoms with Crippen molar-refractivity contribution < 1.29 is 4.42 Å². The number of fused-ring (bicyclic) bond motifs is 11. The maximum Gasteiger partial charge on any atom is 0.237 e. The van der Waals surface area contributed by atoms with Crippen LogP contribution in [0.1, 0.15) is 18.2 Å². The summed E-state index contributed by atoms with van der Waals surface area (Å²) in [5.41, 5.74) is 6.09. The van der Waals surface area contributed by atoms with Crippen LogP contribution in [-0.4, -0.2) is 19.5 Å². The van der Waals surface area contributed by atoms with Crippen molar-refractivity contribution in [3.63, 3.8) is 0 Å². The van der Waals surface area contributed by atoms with Crippen molar-refractivity contribution in [1.82, 2.24) is 19.5 Å². The number of benzene rings is 4. The van der Waals surface area contributed by atoms with Crippen molar-refractivity contribution in [2.24, 2.45) is 0 Å². The lowest BCUT2D eigenvalue weighted by Gasteiger charge is -2.10. The van der Waals surface area contributed by atoms with E-state index in [4.69, 9.17) is 19.4 Å². The zero-order valence-electron chi connectivity index (χ0n) is 23.5. The van der Waals surface area contributed by atoms with Crippen LogP contribution in [0.15, 0.2) is 108 Å². The first-order valence-electron chi connectivity index (χ1n) is 14.3. The molecule has 0 aliphatic rings. The van der Waals surface area contributed by atoms with Gasteiger partial charge in [0, 0.05) is 43.6 Å². The van der Waals surface area contributed by atoms with E-state index >= 15 is 0 Å². The molecule has 0 fully saturated rings. The van der Waals surface area contributed by atoms with Gasteiger partial charge in [0.25, 0.3) is 0 Å². The van der Waals surface area contributed by atoms with Crippen molar-refractivity contribution in [1.29, 1.82) is 0 Å². The number of aryl methyl sites for hydroxylation is 1. The third kappa shape index (κ3) is 3.35. The Hall–Kier alpha value is -5.33. The average Bonchev–Trinajstić information content (AvgIpc) is 3.71. The van der Waals surface area contributed by atoms with Gasteiger partial charge in [-0.15, -0.1) is 11.3 Å². The standard InChI is InChI=1S/C37H24N4OS/c1-3-12-23-21(2)42-34-31(22-13-5-4-6-14-22)39-37(40-32(23)34)41-33-29(27-18-11-20-38-36(27)41)24-15-7-8-16-25(24)30-26-17-9-10-19-28(26)43-35(30)33/h3-20H,1-2H3/b12-3-. The van der Waals surface area contributed by atoms with Crippen LogP contribution in [-0.2, 0) is 0 Å². The molecule has 9 rings (SSSR count). The summed E-state index contributed by atoms with van der Waals surface area (Å²) in [6, 6.07) is 31.8. The van der Waals surface area contributed by atoms with Crippen LogP contribution < -0.4 is 0 Å². The fourth-order valence-electron chi connectivity index (χ4n) is 6.54. The lowest BCUT2D eigenvalue weighted by atomic mass is 9.99. The Morgan fingerprint density at radius 1 is 0.767 bits per heavy atom. The minimum Gasteiger partial charge on any atom is -0.457 e. The summed E-state index contributed by atoms with van der Waals surface area (Å²) < 4.78 is 11.0. The summed E-state index contributed by atoms with van der Waals surface area (Å²) in [7, 11) is 0. The van der Waals surface area contributed by atoms with Gasteiger partial charge in [0.1, 0.15) is 22.6 Å². The number of aromatic nitrogens is 4. The number of nitrogens with zero attached hydrogens (tertiary/aromatic N) is 4. The first kappa shape index (κ1) is 24.3. The first-order chi connectivity index (χ1) is 21.2. The maximum absolute atomic E-state index is 6.35. The summed E-state index contributed by atoms with van der Waals surface area (Å²) in [6.45, 7) is 4.00. The number of furan rings is 1. The lowest BCUT2D eigenvalue weighted by Crippen LogP contribution is -2.04. The van der Waals surface area contributed by atoms with E-state index in [1.165, 1.54) is 36.3 Å². The van der Waals surface area contributed by atoms with Gasteiger partial charge in [-0.2, -0.15) is 0 Å². The summed E-state index contributed by atoms with van der Waals surface area (Å²) in [4.78, 5) is 15.5. The minimum atomic E-state index is 0.575. The molecular weight excluding hydrogens is 549 g/mol. The molecule has 43 heavy (non-hydrogen) atoms. The number of hydrogen-bond acceptors (Lipinski definition) is 5. The molecule has 0 amide bonds. The Morgan fingerprint density at radius 2 is 1.49 bits per heavy atom. The van der Waals surface area contributed by atoms with E-state index in [1.807, 2.05) is 61.7 Å². The zero-order valence-corrected chi connectivity index (χ0v) is 24.3. The highest BCUT2D eigenvalue weighted by Crippen LogP contribution is 2.47. The van der Waals surface area contributed by atoms with E-state index in [0.717, 1.165) is 44.6 Å². The molecule has 0 N–H and O–H groups in total. The Kier molecular flexibility index (Phi) is 5.13. The highest BCUT2D eigenvalue weighted by molar-refractivity contribution is 7.27. The number of pyridine rings is 1. The second-order valence-electron chi connectivity index (χ2n) is 10.8. The molecule has 0 unspecified atom stereocenters. The van der Waals surface area contributed by atoms with Gasteiger partial charge in [-0.05, 0) is 42.8 Å². The SMILES string of the molecule is C/C=C\c1c(C)oc2c(-c3ccccc3)nc(-n3c4ncccc4c4c5ccccc5c5c6ccccc6sc5c43)nc12. The Bertz CT molecular complexity index is 2590. The van der Waals surface area contributed by atoms with Gasteiger partial charge in [0.2, 0.25) is 5.95 Å². The monoisotopic (exact) mass is 572 g/mol. The fraction of sp³-hybridized carbons (Fsp3) is 0.0541. The molecule has 9 aromatic rings. The molecule has 0 saturated heterocycles. The van der Waals surface area contributed by atoms with Crippen molar-refractivity contribution in [2.75, 3.05) is 0 Å². The van der Waals surface area contributed by atoms with Crippen LogP contribution in [0.25, 0.3) is 87.3 Å². The molecule has 0 radical (unpaired) electrons. The highest BCUT2D eigenvalue weighted by Gasteiger charge is 2.25. The zero-order chi connectivity index (χ0) is 28.7. The van der Waals surface area contributed by atoms with Gasteiger partial charge in [-0.3, -0.25) is 4.57 Å². The third-order valence-corrected chi connectivity index (χ3v) is 9.51. The summed E-state index contributed by atoms with van der Waals surface area (Å²) in [6.07, 6.45) is 5.94. The van der Waals surface area contributed by atoms with Gasteiger partial charge < -0.3 is 4.42 Å². The fourth-order valence-corrected chi connectivity index (χ4v) is 7.80. The van der Waals surface area contributed by atoms with E-state index in [1.54, 1.807) is 0 Å². The second-order valence-corrected chi connectivity index (χ2v) is 11.8. The Labute approximate surface area is 250 Å². The predicted octanol–water partition coefficient (Wildman–Crippen LogP) is 10.2. The second kappa shape index (κ2) is 9.08. The normalized spacial score (nSPS) is 12.3. The van der Waals surface area contributed by atoms with Gasteiger partial charge in [0.15, 0.2) is 5.58 Å². The summed E-state index contributed by atoms with van der Waals surface area (Å²) in [5, 5.41) is 7.20. The Balaban J connectivity index is 1.54. The van der Waals surface area contributed by atoms with E-state index in [-0.39, 0.29) is 0 Å². The number of thiophene rings is 1. The van der Waals surface area contributed by atoms with Gasteiger partial charge in [0.05, 0.1) is 10.2 Å². The smallest absolute Gasteiger partial charge is 0.237 e. The van der Waals surface area contributed by atoms with Crippen molar-refractivity contribution in [3.05, 3.63) is 115 Å². The topological polar surface area (TPSA) is 56.7 Å². The van der Waals surface area contributed by atoms with Gasteiger partial charge >= 0.3 is 0 Å². The largest absolute Gasteiger partial charge is 0.457 e. The molecule has 0 atom stereocenters. The number of hydrogen-bond donors (Lipinski definition) is 0. The van der Waals surface area contributed by atoms with Crippen LogP contribution in [0, 0.1) is 6.92 Å². The first-order valence-corrected chi connectivity index (χ1v) is 15.2. The molecular formula is C37H24N4OS. The molecule has 5 heterocycles. The van der Waals surface area contributed by atoms with Crippen LogP contribution in [0.5, 0.6) is 0 Å². The maximum atomic E-state index is 6.35. The molecule has 0 aliphatic heterocycles. The predicted molar refractivity (Wildman–Crippen MR) is 179 cm³/mol. The number of allylic oxidation sites excluding steroid dienone is 1. The Morgan fingerprint density at radius 3 is 2.30 bits per heavy atom. The van der Waals surface area contributed by atoms with Crippen molar-refractivity contribution >= 4 is 81.4 Å². The van der Waals surface area contributed by atoms with Crippen molar-refractivity contribution in [2.45, 2.75) is 13.8 Å². The quantitative estimate of drug-likeness (QED) is 0.211. The highest BCUT2D eigenvalue weighted by atomic mass is 32.1. The van der Waals surface area contributed by atoms with E-state index in [0.29, 0.717) is 11.5 Å². The van der Waals surface area contributed by atoms with Gasteiger partial charge in [-0.1, -0.05) is 84.9 Å². The third-order valence-electron chi connectivity index (χ3n) is 8.33. The van der Waals surface area contributed by atoms with Crippen LogP contribution in [0.3, 0.4) is 0 Å². The molecule has 6 heteroatoms. The molecule has 5 aromatic heterocycles. The lowest BCUT2D eigenvalue weighted by molar-refractivity contribution is 0.576. The van der Waals surface area contributed by atoms with E-state index in [9.17, 15) is 0 Å². The summed E-state index contributed by atoms with van der Waals surface area (Å²) >= 11 is 1.82. The van der Waals surface area contributed by atoms with Crippen LogP contribution in [0.4, 0.5) is 0 Å². The van der Waals surface area contributed by atoms with Gasteiger partial charge in [-0.25, -0.2) is 15.0 Å². The summed E-state index contributed by atoms with van der Waals surface area (Å²) in [5.74, 6) is 1.39. The molecule has 0 aliphatic carbocycles. The van der Waals surface area contributed by atoms with Crippen LogP contribution in [0.2, 0.25) is 0 Å². The average molecular weight is 573 g/mol. The number of rotatable bonds is 3. The molecule has 0 spiro atoms. The molecule has 4 aromatic carbocycles. The molecule has 5 nitrogen and oxygen atoms in total. The van der Waals surface area contributed by atoms with E-state index < -0.39 is 0 Å². The molecule has 0 bridgehead atoms. The molecule has 204 valence electrons. The van der Waals surface area contributed by atoms with Crippen molar-refractivity contribution in [3.8, 4) is 17.2 Å². The molecule has 0 saturated carbocycles. The minimum absolute atomic E-state index is 0.575. The van der Waals surface area contributed by atoms with Crippen LogP contribution >= 0.6 is 11.3 Å². The van der Waals surface area contributed by atoms with E-state index in [2.05, 4.69) is 77.4 Å².